The SMILES string of the molecule is CC(C)(C)OC(=O)N[C@@H]1CC[C@@H](c2cccc(F)c2F)CN(c2ccncc2)C1=O. The first-order valence-corrected chi connectivity index (χ1v) is 9.80. The minimum Gasteiger partial charge on any atom is -0.444 e. The van der Waals surface area contributed by atoms with Gasteiger partial charge in [0.15, 0.2) is 11.6 Å². The van der Waals surface area contributed by atoms with Crippen LogP contribution in [-0.2, 0) is 9.53 Å². The van der Waals surface area contributed by atoms with Crippen LogP contribution in [0.5, 0.6) is 0 Å². The quantitative estimate of drug-likeness (QED) is 0.814. The van der Waals surface area contributed by atoms with Gasteiger partial charge in [0.25, 0.3) is 0 Å². The molecule has 2 heterocycles. The Morgan fingerprint density at radius 1 is 1.17 bits per heavy atom. The van der Waals surface area contributed by atoms with Gasteiger partial charge in [-0.15, -0.1) is 0 Å². The Morgan fingerprint density at radius 3 is 2.53 bits per heavy atom. The van der Waals surface area contributed by atoms with E-state index in [0.717, 1.165) is 6.07 Å². The van der Waals surface area contributed by atoms with Crippen molar-refractivity contribution >= 4 is 17.7 Å². The lowest BCUT2D eigenvalue weighted by atomic mass is 9.93. The molecule has 0 aliphatic carbocycles. The van der Waals surface area contributed by atoms with E-state index in [9.17, 15) is 18.4 Å². The van der Waals surface area contributed by atoms with Crippen molar-refractivity contribution in [3.05, 3.63) is 59.9 Å². The second-order valence-corrected chi connectivity index (χ2v) is 8.27. The van der Waals surface area contributed by atoms with Crippen molar-refractivity contribution in [2.75, 3.05) is 11.4 Å². The van der Waals surface area contributed by atoms with E-state index in [4.69, 9.17) is 4.74 Å². The number of nitrogens with zero attached hydrogens (tertiary/aromatic N) is 2. The van der Waals surface area contributed by atoms with Gasteiger partial charge in [0.2, 0.25) is 5.91 Å². The number of amides is 2. The largest absolute Gasteiger partial charge is 0.444 e. The number of carbonyl (C=O) groups is 2. The monoisotopic (exact) mass is 417 g/mol. The lowest BCUT2D eigenvalue weighted by molar-refractivity contribution is -0.120. The molecule has 0 bridgehead atoms. The number of benzene rings is 1. The van der Waals surface area contributed by atoms with Gasteiger partial charge in [-0.1, -0.05) is 12.1 Å². The van der Waals surface area contributed by atoms with Gasteiger partial charge in [-0.25, -0.2) is 13.6 Å². The fourth-order valence-corrected chi connectivity index (χ4v) is 3.51. The van der Waals surface area contributed by atoms with Gasteiger partial charge in [-0.2, -0.15) is 0 Å². The molecule has 0 radical (unpaired) electrons. The third kappa shape index (κ3) is 5.11. The third-order valence-electron chi connectivity index (χ3n) is 4.86. The van der Waals surface area contributed by atoms with Crippen LogP contribution < -0.4 is 10.2 Å². The van der Waals surface area contributed by atoms with E-state index in [2.05, 4.69) is 10.3 Å². The van der Waals surface area contributed by atoms with Crippen molar-refractivity contribution in [2.24, 2.45) is 0 Å². The highest BCUT2D eigenvalue weighted by Gasteiger charge is 2.35. The lowest BCUT2D eigenvalue weighted by Gasteiger charge is -2.27. The predicted molar refractivity (Wildman–Crippen MR) is 108 cm³/mol. The van der Waals surface area contributed by atoms with Crippen LogP contribution in [0.1, 0.15) is 45.1 Å². The van der Waals surface area contributed by atoms with Crippen LogP contribution in [-0.4, -0.2) is 35.2 Å². The number of rotatable bonds is 3. The Balaban J connectivity index is 1.91. The van der Waals surface area contributed by atoms with Gasteiger partial charge in [-0.05, 0) is 57.4 Å². The zero-order valence-corrected chi connectivity index (χ0v) is 17.2. The third-order valence-corrected chi connectivity index (χ3v) is 4.86. The standard InChI is InChI=1S/C22H25F2N3O3/c1-22(2,3)30-21(29)26-18-8-7-14(16-5-4-6-17(23)19(16)24)13-27(20(18)28)15-9-11-25-12-10-15/h4-6,9-12,14,18H,7-8,13H2,1-3H3,(H,26,29)/t14-,18-/m1/s1. The first kappa shape index (κ1) is 21.7. The first-order chi connectivity index (χ1) is 14.2. The molecule has 8 heteroatoms. The van der Waals surface area contributed by atoms with E-state index < -0.39 is 35.3 Å². The van der Waals surface area contributed by atoms with Crippen LogP contribution in [0.15, 0.2) is 42.7 Å². The summed E-state index contributed by atoms with van der Waals surface area (Å²) >= 11 is 0. The number of nitrogens with one attached hydrogen (secondary N) is 1. The number of hydrogen-bond acceptors (Lipinski definition) is 4. The minimum atomic E-state index is -0.929. The number of ether oxygens (including phenoxy) is 1. The van der Waals surface area contributed by atoms with Gasteiger partial charge in [-0.3, -0.25) is 9.78 Å². The molecule has 0 unspecified atom stereocenters. The number of pyridine rings is 1. The summed E-state index contributed by atoms with van der Waals surface area (Å²) in [4.78, 5) is 30.9. The van der Waals surface area contributed by atoms with Crippen LogP contribution in [0, 0.1) is 11.6 Å². The molecule has 160 valence electrons. The highest BCUT2D eigenvalue weighted by molar-refractivity contribution is 5.99. The molecule has 1 fully saturated rings. The average Bonchev–Trinajstić information content (AvgIpc) is 2.83. The molecule has 1 aliphatic rings. The van der Waals surface area contributed by atoms with E-state index >= 15 is 0 Å². The molecule has 2 aromatic rings. The fraction of sp³-hybridized carbons (Fsp3) is 0.409. The number of hydrogen-bond donors (Lipinski definition) is 1. The molecule has 0 spiro atoms. The van der Waals surface area contributed by atoms with Crippen LogP contribution in [0.3, 0.4) is 0 Å². The molecule has 6 nitrogen and oxygen atoms in total. The molecule has 2 amide bonds. The fourth-order valence-electron chi connectivity index (χ4n) is 3.51. The first-order valence-electron chi connectivity index (χ1n) is 9.80. The summed E-state index contributed by atoms with van der Waals surface area (Å²) in [6, 6.07) is 6.51. The Morgan fingerprint density at radius 2 is 1.87 bits per heavy atom. The topological polar surface area (TPSA) is 71.5 Å². The van der Waals surface area contributed by atoms with Crippen molar-refractivity contribution in [3.63, 3.8) is 0 Å². The zero-order chi connectivity index (χ0) is 21.9. The normalized spacial score (nSPS) is 19.9. The van der Waals surface area contributed by atoms with Crippen LogP contribution in [0.25, 0.3) is 0 Å². The second-order valence-electron chi connectivity index (χ2n) is 8.27. The van der Waals surface area contributed by atoms with E-state index in [1.807, 2.05) is 0 Å². The number of anilines is 1. The number of carbonyl (C=O) groups excluding carboxylic acids is 2. The maximum absolute atomic E-state index is 14.5. The average molecular weight is 417 g/mol. The molecule has 2 atom stereocenters. The second kappa shape index (κ2) is 8.77. The van der Waals surface area contributed by atoms with Gasteiger partial charge >= 0.3 is 6.09 Å². The summed E-state index contributed by atoms with van der Waals surface area (Å²) in [6.07, 6.45) is 3.03. The number of halogens is 2. The maximum Gasteiger partial charge on any atom is 0.408 e. The Labute approximate surface area is 174 Å². The zero-order valence-electron chi connectivity index (χ0n) is 17.2. The Bertz CT molecular complexity index is 916. The molecule has 1 N–H and O–H groups in total. The van der Waals surface area contributed by atoms with Gasteiger partial charge in [0.05, 0.1) is 0 Å². The minimum absolute atomic E-state index is 0.149. The van der Waals surface area contributed by atoms with E-state index in [1.165, 1.54) is 17.0 Å². The molecule has 1 aliphatic heterocycles. The highest BCUT2D eigenvalue weighted by atomic mass is 19.2. The van der Waals surface area contributed by atoms with Gasteiger partial charge in [0, 0.05) is 30.5 Å². The van der Waals surface area contributed by atoms with Crippen molar-refractivity contribution < 1.29 is 23.1 Å². The highest BCUT2D eigenvalue weighted by Crippen LogP contribution is 2.32. The maximum atomic E-state index is 14.5. The Kier molecular flexibility index (Phi) is 6.34. The molecule has 3 rings (SSSR count). The molecule has 1 aromatic heterocycles. The van der Waals surface area contributed by atoms with Crippen LogP contribution in [0.2, 0.25) is 0 Å². The van der Waals surface area contributed by atoms with Gasteiger partial charge in [0.1, 0.15) is 11.6 Å². The van der Waals surface area contributed by atoms with Gasteiger partial charge < -0.3 is 15.0 Å². The predicted octanol–water partition coefficient (Wildman–Crippen LogP) is 4.16. The summed E-state index contributed by atoms with van der Waals surface area (Å²) in [5.41, 5.74) is 0.0602. The Hall–Kier alpha value is -3.03. The summed E-state index contributed by atoms with van der Waals surface area (Å²) in [6.45, 7) is 5.34. The summed E-state index contributed by atoms with van der Waals surface area (Å²) in [5, 5.41) is 2.63. The molecule has 1 saturated heterocycles. The number of alkyl carbamates (subject to hydrolysis) is 1. The van der Waals surface area contributed by atoms with E-state index in [-0.39, 0.29) is 24.4 Å². The molecule has 0 saturated carbocycles. The van der Waals surface area contributed by atoms with Crippen molar-refractivity contribution in [1.29, 1.82) is 0 Å². The van der Waals surface area contributed by atoms with Crippen molar-refractivity contribution in [2.45, 2.75) is 51.2 Å². The summed E-state index contributed by atoms with van der Waals surface area (Å²) in [7, 11) is 0. The summed E-state index contributed by atoms with van der Waals surface area (Å²) < 4.78 is 33.5. The molecular formula is C22H25F2N3O3. The van der Waals surface area contributed by atoms with Crippen molar-refractivity contribution in [3.8, 4) is 0 Å². The summed E-state index contributed by atoms with van der Waals surface area (Å²) in [5.74, 6) is -2.63. The van der Waals surface area contributed by atoms with Crippen LogP contribution >= 0.6 is 0 Å². The molecule has 30 heavy (non-hydrogen) atoms. The lowest BCUT2D eigenvalue weighted by Crippen LogP contribution is -2.49. The smallest absolute Gasteiger partial charge is 0.408 e. The van der Waals surface area contributed by atoms with Crippen LogP contribution in [0.4, 0.5) is 19.3 Å². The molecular weight excluding hydrogens is 392 g/mol. The van der Waals surface area contributed by atoms with E-state index in [0.29, 0.717) is 12.1 Å². The van der Waals surface area contributed by atoms with E-state index in [1.54, 1.807) is 45.3 Å². The number of aromatic nitrogens is 1. The molecule has 1 aromatic carbocycles. The van der Waals surface area contributed by atoms with Crippen molar-refractivity contribution in [1.82, 2.24) is 10.3 Å².